The van der Waals surface area contributed by atoms with Crippen LogP contribution in [-0.2, 0) is 17.9 Å². The number of nitrogens with zero attached hydrogens (tertiary/aromatic N) is 2. The summed E-state index contributed by atoms with van der Waals surface area (Å²) in [5.41, 5.74) is 6.22. The van der Waals surface area contributed by atoms with Gasteiger partial charge in [0.2, 0.25) is 5.91 Å². The molecule has 0 aliphatic rings. The van der Waals surface area contributed by atoms with Crippen molar-refractivity contribution in [3.05, 3.63) is 18.2 Å². The highest BCUT2D eigenvalue weighted by atomic mass is 16.1. The van der Waals surface area contributed by atoms with E-state index in [2.05, 4.69) is 21.8 Å². The van der Waals surface area contributed by atoms with E-state index in [1.165, 1.54) is 0 Å². The van der Waals surface area contributed by atoms with Crippen LogP contribution in [0.5, 0.6) is 0 Å². The van der Waals surface area contributed by atoms with Crippen molar-refractivity contribution in [1.29, 1.82) is 0 Å². The van der Waals surface area contributed by atoms with E-state index in [1.807, 2.05) is 0 Å². The zero-order valence-electron chi connectivity index (χ0n) is 9.23. The van der Waals surface area contributed by atoms with Crippen LogP contribution in [0.2, 0.25) is 0 Å². The van der Waals surface area contributed by atoms with Crippen molar-refractivity contribution >= 4 is 5.91 Å². The Morgan fingerprint density at radius 1 is 1.73 bits per heavy atom. The Kier molecular flexibility index (Phi) is 4.30. The molecular weight excluding hydrogens is 192 g/mol. The largest absolute Gasteiger partial charge is 0.368 e. The highest BCUT2D eigenvalue weighted by Crippen LogP contribution is 2.00. The van der Waals surface area contributed by atoms with Crippen molar-refractivity contribution in [2.24, 2.45) is 5.73 Å². The van der Waals surface area contributed by atoms with Gasteiger partial charge in [0.1, 0.15) is 0 Å². The monoisotopic (exact) mass is 210 g/mol. The van der Waals surface area contributed by atoms with Crippen LogP contribution >= 0.6 is 0 Å². The summed E-state index contributed by atoms with van der Waals surface area (Å²) in [6, 6.07) is -0.310. The minimum atomic E-state index is -0.337. The van der Waals surface area contributed by atoms with Gasteiger partial charge in [-0.05, 0) is 13.3 Å². The summed E-state index contributed by atoms with van der Waals surface area (Å²) in [6.45, 7) is 5.43. The van der Waals surface area contributed by atoms with E-state index in [0.29, 0.717) is 6.54 Å². The molecule has 1 amide bonds. The standard InChI is InChI=1S/C10H18N4O/c1-3-4-14-7-12-5-9(14)6-13-8(2)10(11)15/h5,7-8,13H,3-4,6H2,1-2H3,(H2,11,15). The normalized spacial score (nSPS) is 12.7. The van der Waals surface area contributed by atoms with E-state index in [1.54, 1.807) is 19.4 Å². The Hall–Kier alpha value is -1.36. The summed E-state index contributed by atoms with van der Waals surface area (Å²) in [5, 5.41) is 3.05. The average Bonchev–Trinajstić information content (AvgIpc) is 2.62. The molecule has 15 heavy (non-hydrogen) atoms. The van der Waals surface area contributed by atoms with Crippen LogP contribution in [0.1, 0.15) is 26.0 Å². The van der Waals surface area contributed by atoms with E-state index in [9.17, 15) is 4.79 Å². The third-order valence-corrected chi connectivity index (χ3v) is 2.28. The summed E-state index contributed by atoms with van der Waals surface area (Å²) in [5.74, 6) is -0.337. The van der Waals surface area contributed by atoms with Gasteiger partial charge in [-0.3, -0.25) is 4.79 Å². The maximum Gasteiger partial charge on any atom is 0.234 e. The first-order chi connectivity index (χ1) is 7.15. The third kappa shape index (κ3) is 3.36. The molecule has 84 valence electrons. The number of aromatic nitrogens is 2. The van der Waals surface area contributed by atoms with Crippen molar-refractivity contribution in [2.75, 3.05) is 0 Å². The number of imidazole rings is 1. The zero-order chi connectivity index (χ0) is 11.3. The molecule has 1 rings (SSSR count). The fourth-order valence-corrected chi connectivity index (χ4v) is 1.30. The summed E-state index contributed by atoms with van der Waals surface area (Å²) in [7, 11) is 0. The molecule has 1 unspecified atom stereocenters. The van der Waals surface area contributed by atoms with Crippen LogP contribution in [0.4, 0.5) is 0 Å². The van der Waals surface area contributed by atoms with E-state index in [0.717, 1.165) is 18.7 Å². The lowest BCUT2D eigenvalue weighted by atomic mass is 10.3. The number of aryl methyl sites for hydroxylation is 1. The summed E-state index contributed by atoms with van der Waals surface area (Å²) < 4.78 is 2.07. The molecule has 0 saturated carbocycles. The van der Waals surface area contributed by atoms with Crippen molar-refractivity contribution < 1.29 is 4.79 Å². The summed E-state index contributed by atoms with van der Waals surface area (Å²) in [4.78, 5) is 14.9. The third-order valence-electron chi connectivity index (χ3n) is 2.28. The minimum Gasteiger partial charge on any atom is -0.368 e. The van der Waals surface area contributed by atoms with E-state index < -0.39 is 0 Å². The number of carbonyl (C=O) groups is 1. The zero-order valence-corrected chi connectivity index (χ0v) is 9.23. The van der Waals surface area contributed by atoms with Gasteiger partial charge < -0.3 is 15.6 Å². The van der Waals surface area contributed by atoms with Gasteiger partial charge in [-0.1, -0.05) is 6.92 Å². The van der Waals surface area contributed by atoms with E-state index in [4.69, 9.17) is 5.73 Å². The van der Waals surface area contributed by atoms with Crippen molar-refractivity contribution in [2.45, 2.75) is 39.4 Å². The number of carbonyl (C=O) groups excluding carboxylic acids is 1. The Balaban J connectivity index is 2.49. The topological polar surface area (TPSA) is 72.9 Å². The lowest BCUT2D eigenvalue weighted by molar-refractivity contribution is -0.119. The van der Waals surface area contributed by atoms with E-state index in [-0.39, 0.29) is 11.9 Å². The minimum absolute atomic E-state index is 0.310. The predicted octanol–water partition coefficient (Wildman–Crippen LogP) is 0.256. The first-order valence-corrected chi connectivity index (χ1v) is 5.16. The Bertz CT molecular complexity index is 321. The van der Waals surface area contributed by atoms with Crippen LogP contribution < -0.4 is 11.1 Å². The average molecular weight is 210 g/mol. The first-order valence-electron chi connectivity index (χ1n) is 5.16. The molecule has 0 fully saturated rings. The fraction of sp³-hybridized carbons (Fsp3) is 0.600. The van der Waals surface area contributed by atoms with Gasteiger partial charge in [-0.15, -0.1) is 0 Å². The number of rotatable bonds is 6. The maximum absolute atomic E-state index is 10.8. The number of amides is 1. The highest BCUT2D eigenvalue weighted by molar-refractivity contribution is 5.79. The molecule has 1 aromatic rings. The molecule has 1 atom stereocenters. The molecule has 0 aliphatic heterocycles. The quantitative estimate of drug-likeness (QED) is 0.707. The molecule has 0 spiro atoms. The molecule has 5 heteroatoms. The van der Waals surface area contributed by atoms with Gasteiger partial charge in [0.25, 0.3) is 0 Å². The van der Waals surface area contributed by atoms with Gasteiger partial charge in [0.15, 0.2) is 0 Å². The van der Waals surface area contributed by atoms with Crippen LogP contribution in [0.3, 0.4) is 0 Å². The van der Waals surface area contributed by atoms with Crippen LogP contribution in [0, 0.1) is 0 Å². The molecule has 3 N–H and O–H groups in total. The van der Waals surface area contributed by atoms with Gasteiger partial charge in [0.05, 0.1) is 18.1 Å². The second kappa shape index (κ2) is 5.50. The lowest BCUT2D eigenvalue weighted by Gasteiger charge is -2.11. The summed E-state index contributed by atoms with van der Waals surface area (Å²) >= 11 is 0. The lowest BCUT2D eigenvalue weighted by Crippen LogP contribution is -2.38. The van der Waals surface area contributed by atoms with Crippen LogP contribution in [0.15, 0.2) is 12.5 Å². The van der Waals surface area contributed by atoms with E-state index >= 15 is 0 Å². The predicted molar refractivity (Wildman–Crippen MR) is 58.0 cm³/mol. The number of nitrogens with one attached hydrogen (secondary N) is 1. The maximum atomic E-state index is 10.8. The number of primary amides is 1. The molecule has 0 aromatic carbocycles. The smallest absolute Gasteiger partial charge is 0.234 e. The number of nitrogens with two attached hydrogens (primary N) is 1. The van der Waals surface area contributed by atoms with Gasteiger partial charge >= 0.3 is 0 Å². The Morgan fingerprint density at radius 2 is 2.47 bits per heavy atom. The Morgan fingerprint density at radius 3 is 3.07 bits per heavy atom. The van der Waals surface area contributed by atoms with Crippen molar-refractivity contribution in [3.63, 3.8) is 0 Å². The first kappa shape index (κ1) is 11.7. The van der Waals surface area contributed by atoms with Crippen molar-refractivity contribution in [1.82, 2.24) is 14.9 Å². The van der Waals surface area contributed by atoms with Gasteiger partial charge in [0, 0.05) is 19.3 Å². The van der Waals surface area contributed by atoms with Crippen molar-refractivity contribution in [3.8, 4) is 0 Å². The van der Waals surface area contributed by atoms with Crippen LogP contribution in [0.25, 0.3) is 0 Å². The molecule has 1 aromatic heterocycles. The SMILES string of the molecule is CCCn1cncc1CNC(C)C(N)=O. The highest BCUT2D eigenvalue weighted by Gasteiger charge is 2.08. The molecule has 0 bridgehead atoms. The van der Waals surface area contributed by atoms with Crippen LogP contribution in [-0.4, -0.2) is 21.5 Å². The second-order valence-electron chi connectivity index (χ2n) is 3.58. The molecule has 1 heterocycles. The number of hydrogen-bond donors (Lipinski definition) is 2. The Labute approximate surface area is 89.7 Å². The van der Waals surface area contributed by atoms with Gasteiger partial charge in [-0.2, -0.15) is 0 Å². The second-order valence-corrected chi connectivity index (χ2v) is 3.58. The molecule has 5 nitrogen and oxygen atoms in total. The molecule has 0 radical (unpaired) electrons. The summed E-state index contributed by atoms with van der Waals surface area (Å²) in [6.07, 6.45) is 4.67. The molecular formula is C10H18N4O. The fourth-order valence-electron chi connectivity index (χ4n) is 1.30. The van der Waals surface area contributed by atoms with Gasteiger partial charge in [-0.25, -0.2) is 4.98 Å². The molecule has 0 aliphatic carbocycles. The molecule has 0 saturated heterocycles. The number of hydrogen-bond acceptors (Lipinski definition) is 3.